The summed E-state index contributed by atoms with van der Waals surface area (Å²) in [4.78, 5) is 17.8. The molecule has 4 heteroatoms. The molecule has 0 radical (unpaired) electrons. The summed E-state index contributed by atoms with van der Waals surface area (Å²) in [5.74, 6) is -0.456. The van der Waals surface area contributed by atoms with Gasteiger partial charge in [0.1, 0.15) is 11.5 Å². The van der Waals surface area contributed by atoms with Gasteiger partial charge in [-0.2, -0.15) is 0 Å². The summed E-state index contributed by atoms with van der Waals surface area (Å²) in [7, 11) is 0. The Bertz CT molecular complexity index is 362. The van der Waals surface area contributed by atoms with E-state index in [1.54, 1.807) is 0 Å². The van der Waals surface area contributed by atoms with Crippen LogP contribution in [0.3, 0.4) is 0 Å². The van der Waals surface area contributed by atoms with Gasteiger partial charge in [-0.25, -0.2) is 4.39 Å². The van der Waals surface area contributed by atoms with Gasteiger partial charge in [0.2, 0.25) is 0 Å². The van der Waals surface area contributed by atoms with Crippen LogP contribution >= 0.6 is 0 Å². The molecule has 1 heterocycles. The predicted molar refractivity (Wildman–Crippen MR) is 65.5 cm³/mol. The van der Waals surface area contributed by atoms with Crippen LogP contribution in [0.2, 0.25) is 0 Å². The monoisotopic (exact) mass is 238 g/mol. The van der Waals surface area contributed by atoms with Crippen LogP contribution < -0.4 is 0 Å². The van der Waals surface area contributed by atoms with E-state index in [0.717, 1.165) is 12.7 Å². The van der Waals surface area contributed by atoms with E-state index >= 15 is 0 Å². The van der Waals surface area contributed by atoms with Crippen LogP contribution in [0.25, 0.3) is 0 Å². The number of rotatable bonds is 6. The highest BCUT2D eigenvalue weighted by Gasteiger charge is 2.12. The number of hydrogen-bond acceptors (Lipinski definition) is 3. The van der Waals surface area contributed by atoms with Gasteiger partial charge < -0.3 is 4.90 Å². The van der Waals surface area contributed by atoms with Gasteiger partial charge in [0.15, 0.2) is 5.78 Å². The molecule has 17 heavy (non-hydrogen) atoms. The van der Waals surface area contributed by atoms with E-state index in [4.69, 9.17) is 0 Å². The first-order valence-electron chi connectivity index (χ1n) is 5.93. The van der Waals surface area contributed by atoms with Crippen molar-refractivity contribution in [3.63, 3.8) is 0 Å². The van der Waals surface area contributed by atoms with Crippen LogP contribution in [-0.2, 0) is 0 Å². The highest BCUT2D eigenvalue weighted by atomic mass is 19.1. The molecule has 0 aliphatic rings. The van der Waals surface area contributed by atoms with Crippen LogP contribution in [0.5, 0.6) is 0 Å². The van der Waals surface area contributed by atoms with Crippen molar-refractivity contribution in [1.82, 2.24) is 9.88 Å². The highest BCUT2D eigenvalue weighted by molar-refractivity contribution is 5.94. The van der Waals surface area contributed by atoms with Crippen molar-refractivity contribution < 1.29 is 9.18 Å². The first kappa shape index (κ1) is 13.8. The maximum atomic E-state index is 12.6. The Labute approximate surface area is 102 Å². The largest absolute Gasteiger partial charge is 0.301 e. The lowest BCUT2D eigenvalue weighted by Crippen LogP contribution is -2.32. The van der Waals surface area contributed by atoms with E-state index in [9.17, 15) is 9.18 Å². The van der Waals surface area contributed by atoms with Gasteiger partial charge in [-0.05, 0) is 32.5 Å². The SMILES string of the molecule is CCN(CCC(=O)c1ccc(F)cn1)C(C)C. The Morgan fingerprint density at radius 1 is 1.47 bits per heavy atom. The summed E-state index contributed by atoms with van der Waals surface area (Å²) in [6, 6.07) is 3.12. The van der Waals surface area contributed by atoms with Crippen LogP contribution in [-0.4, -0.2) is 34.8 Å². The summed E-state index contributed by atoms with van der Waals surface area (Å²) in [5.41, 5.74) is 0.339. The molecule has 0 atom stereocenters. The molecule has 0 fully saturated rings. The molecule has 1 aromatic heterocycles. The van der Waals surface area contributed by atoms with E-state index in [1.807, 2.05) is 0 Å². The second-order valence-electron chi connectivity index (χ2n) is 4.26. The zero-order valence-electron chi connectivity index (χ0n) is 10.6. The molecule has 0 aromatic carbocycles. The smallest absolute Gasteiger partial charge is 0.182 e. The summed E-state index contributed by atoms with van der Waals surface area (Å²) in [5, 5.41) is 0. The van der Waals surface area contributed by atoms with E-state index in [1.165, 1.54) is 12.1 Å². The molecule has 3 nitrogen and oxygen atoms in total. The van der Waals surface area contributed by atoms with Gasteiger partial charge in [0.05, 0.1) is 6.20 Å². The van der Waals surface area contributed by atoms with E-state index in [2.05, 4.69) is 30.7 Å². The molecule has 0 unspecified atom stereocenters. The van der Waals surface area contributed by atoms with Crippen molar-refractivity contribution in [1.29, 1.82) is 0 Å². The molecule has 1 aromatic rings. The number of carbonyl (C=O) groups is 1. The number of carbonyl (C=O) groups excluding carboxylic acids is 1. The maximum Gasteiger partial charge on any atom is 0.182 e. The molecule has 1 rings (SSSR count). The topological polar surface area (TPSA) is 33.2 Å². The molecule has 0 spiro atoms. The minimum atomic E-state index is -0.418. The second kappa shape index (κ2) is 6.45. The lowest BCUT2D eigenvalue weighted by molar-refractivity contribution is 0.0953. The third kappa shape index (κ3) is 4.23. The van der Waals surface area contributed by atoms with E-state index < -0.39 is 5.82 Å². The zero-order chi connectivity index (χ0) is 12.8. The average molecular weight is 238 g/mol. The number of Topliss-reactive ketones (excluding diaryl/α,β-unsaturated/α-hetero) is 1. The number of aromatic nitrogens is 1. The molecular weight excluding hydrogens is 219 g/mol. The minimum absolute atomic E-state index is 0.0379. The standard InChI is InChI=1S/C13H19FN2O/c1-4-16(10(2)3)8-7-13(17)12-6-5-11(14)9-15-12/h5-6,9-10H,4,7-8H2,1-3H3. The third-order valence-electron chi connectivity index (χ3n) is 2.78. The Balaban J connectivity index is 2.52. The van der Waals surface area contributed by atoms with Gasteiger partial charge >= 0.3 is 0 Å². The summed E-state index contributed by atoms with van der Waals surface area (Å²) in [6.07, 6.45) is 1.50. The van der Waals surface area contributed by atoms with Gasteiger partial charge in [0.25, 0.3) is 0 Å². The van der Waals surface area contributed by atoms with Crippen LogP contribution in [0.1, 0.15) is 37.7 Å². The van der Waals surface area contributed by atoms with Gasteiger partial charge in [-0.15, -0.1) is 0 Å². The maximum absolute atomic E-state index is 12.6. The molecule has 0 saturated carbocycles. The van der Waals surface area contributed by atoms with Crippen LogP contribution in [0.4, 0.5) is 4.39 Å². The highest BCUT2D eigenvalue weighted by Crippen LogP contribution is 2.05. The Morgan fingerprint density at radius 2 is 2.18 bits per heavy atom. The van der Waals surface area contributed by atoms with Gasteiger partial charge in [-0.1, -0.05) is 6.92 Å². The van der Waals surface area contributed by atoms with Crippen molar-refractivity contribution in [2.45, 2.75) is 33.2 Å². The lowest BCUT2D eigenvalue weighted by Gasteiger charge is -2.24. The Kier molecular flexibility index (Phi) is 5.22. The zero-order valence-corrected chi connectivity index (χ0v) is 10.6. The quantitative estimate of drug-likeness (QED) is 0.714. The van der Waals surface area contributed by atoms with Crippen molar-refractivity contribution in [3.05, 3.63) is 29.8 Å². The fourth-order valence-corrected chi connectivity index (χ4v) is 1.70. The summed E-state index contributed by atoms with van der Waals surface area (Å²) in [6.45, 7) is 7.91. The minimum Gasteiger partial charge on any atom is -0.301 e. The summed E-state index contributed by atoms with van der Waals surface area (Å²) < 4.78 is 12.6. The fraction of sp³-hybridized carbons (Fsp3) is 0.538. The Hall–Kier alpha value is -1.29. The number of pyridine rings is 1. The number of ketones is 1. The number of nitrogens with zero attached hydrogens (tertiary/aromatic N) is 2. The van der Waals surface area contributed by atoms with Crippen molar-refractivity contribution in [2.24, 2.45) is 0 Å². The second-order valence-corrected chi connectivity index (χ2v) is 4.26. The molecule has 0 aliphatic carbocycles. The summed E-state index contributed by atoms with van der Waals surface area (Å²) >= 11 is 0. The molecular formula is C13H19FN2O. The van der Waals surface area contributed by atoms with Crippen LogP contribution in [0.15, 0.2) is 18.3 Å². The van der Waals surface area contributed by atoms with Gasteiger partial charge in [0, 0.05) is 19.0 Å². The van der Waals surface area contributed by atoms with Crippen molar-refractivity contribution in [2.75, 3.05) is 13.1 Å². The number of halogens is 1. The molecule has 0 bridgehead atoms. The molecule has 0 amide bonds. The fourth-order valence-electron chi connectivity index (χ4n) is 1.70. The molecule has 94 valence electrons. The van der Waals surface area contributed by atoms with E-state index in [0.29, 0.717) is 24.7 Å². The van der Waals surface area contributed by atoms with Crippen molar-refractivity contribution in [3.8, 4) is 0 Å². The predicted octanol–water partition coefficient (Wildman–Crippen LogP) is 2.52. The molecule has 0 N–H and O–H groups in total. The van der Waals surface area contributed by atoms with Gasteiger partial charge in [-0.3, -0.25) is 9.78 Å². The number of hydrogen-bond donors (Lipinski definition) is 0. The molecule has 0 aliphatic heterocycles. The van der Waals surface area contributed by atoms with E-state index in [-0.39, 0.29) is 5.78 Å². The normalized spacial score (nSPS) is 11.2. The lowest BCUT2D eigenvalue weighted by atomic mass is 10.1. The first-order chi connectivity index (χ1) is 8.04. The average Bonchev–Trinajstić information content (AvgIpc) is 2.30. The first-order valence-corrected chi connectivity index (χ1v) is 5.93. The van der Waals surface area contributed by atoms with Crippen molar-refractivity contribution >= 4 is 5.78 Å². The Morgan fingerprint density at radius 3 is 2.65 bits per heavy atom. The third-order valence-corrected chi connectivity index (χ3v) is 2.78. The molecule has 0 saturated heterocycles. The van der Waals surface area contributed by atoms with Crippen LogP contribution in [0, 0.1) is 5.82 Å².